The molecule has 1 fully saturated rings. The Morgan fingerprint density at radius 1 is 1.31 bits per heavy atom. The molecule has 0 aromatic heterocycles. The Morgan fingerprint density at radius 2 is 2.25 bits per heavy atom. The van der Waals surface area contributed by atoms with Crippen molar-refractivity contribution in [1.29, 1.82) is 0 Å². The van der Waals surface area contributed by atoms with Gasteiger partial charge in [0.2, 0.25) is 0 Å². The Balaban J connectivity index is 1.89. The largest absolute Gasteiger partial charge is 0.457 e. The van der Waals surface area contributed by atoms with E-state index in [1.165, 1.54) is 5.56 Å². The number of rotatable bonds is 1. The highest BCUT2D eigenvalue weighted by atomic mass is 16.5. The van der Waals surface area contributed by atoms with Crippen LogP contribution in [0.25, 0.3) is 0 Å². The van der Waals surface area contributed by atoms with Gasteiger partial charge in [0, 0.05) is 31.2 Å². The highest BCUT2D eigenvalue weighted by Gasteiger charge is 2.23. The van der Waals surface area contributed by atoms with Crippen molar-refractivity contribution in [2.45, 2.75) is 12.6 Å². The summed E-state index contributed by atoms with van der Waals surface area (Å²) in [4.78, 5) is 11.3. The first-order valence-corrected chi connectivity index (χ1v) is 5.58. The maximum atomic E-state index is 11.3. The molecule has 0 radical (unpaired) electrons. The lowest BCUT2D eigenvalue weighted by molar-refractivity contribution is 0.0535. The van der Waals surface area contributed by atoms with Gasteiger partial charge >= 0.3 is 5.97 Å². The zero-order valence-electron chi connectivity index (χ0n) is 8.95. The van der Waals surface area contributed by atoms with E-state index in [1.54, 1.807) is 0 Å². The molecule has 1 aromatic carbocycles. The van der Waals surface area contributed by atoms with Crippen LogP contribution in [-0.2, 0) is 11.3 Å². The molecular weight excluding hydrogens is 204 g/mol. The van der Waals surface area contributed by atoms with Gasteiger partial charge in [-0.15, -0.1) is 0 Å². The summed E-state index contributed by atoms with van der Waals surface area (Å²) in [5.74, 6) is -0.198. The van der Waals surface area contributed by atoms with Gasteiger partial charge in [-0.05, 0) is 17.7 Å². The second kappa shape index (κ2) is 3.88. The fourth-order valence-electron chi connectivity index (χ4n) is 2.26. The second-order valence-corrected chi connectivity index (χ2v) is 4.20. The summed E-state index contributed by atoms with van der Waals surface area (Å²) in [6, 6.07) is 6.30. The Labute approximate surface area is 94.0 Å². The van der Waals surface area contributed by atoms with Gasteiger partial charge in [-0.2, -0.15) is 0 Å². The minimum absolute atomic E-state index is 0.198. The highest BCUT2D eigenvalue weighted by molar-refractivity contribution is 5.93. The first-order valence-electron chi connectivity index (χ1n) is 5.58. The summed E-state index contributed by atoms with van der Waals surface area (Å²) in [5.41, 5.74) is 2.95. The van der Waals surface area contributed by atoms with Gasteiger partial charge in [0.05, 0.1) is 5.56 Å². The highest BCUT2D eigenvalue weighted by Crippen LogP contribution is 2.24. The molecule has 0 aliphatic carbocycles. The standard InChI is InChI=1S/C12H14N2O2/c15-12-10-2-1-8(5-9(10)7-16-12)11-6-13-3-4-14-11/h1-2,5,11,13-14H,3-4,6-7H2/t11-/m0/s1. The van der Waals surface area contributed by atoms with Crippen LogP contribution in [0.15, 0.2) is 18.2 Å². The second-order valence-electron chi connectivity index (χ2n) is 4.20. The van der Waals surface area contributed by atoms with Crippen LogP contribution in [-0.4, -0.2) is 25.6 Å². The molecule has 4 nitrogen and oxygen atoms in total. The molecule has 1 aromatic rings. The average Bonchev–Trinajstić information content (AvgIpc) is 2.72. The van der Waals surface area contributed by atoms with Crippen LogP contribution in [0.1, 0.15) is 27.5 Å². The van der Waals surface area contributed by atoms with Crippen molar-refractivity contribution in [2.24, 2.45) is 0 Å². The number of fused-ring (bicyclic) bond motifs is 1. The summed E-state index contributed by atoms with van der Waals surface area (Å²) in [6.45, 7) is 3.36. The molecule has 3 rings (SSSR count). The van der Waals surface area contributed by atoms with Crippen molar-refractivity contribution in [3.05, 3.63) is 34.9 Å². The van der Waals surface area contributed by atoms with Crippen LogP contribution < -0.4 is 10.6 Å². The van der Waals surface area contributed by atoms with E-state index in [1.807, 2.05) is 12.1 Å². The fraction of sp³-hybridized carbons (Fsp3) is 0.417. The van der Waals surface area contributed by atoms with Crippen LogP contribution in [0, 0.1) is 0 Å². The smallest absolute Gasteiger partial charge is 0.338 e. The molecule has 0 bridgehead atoms. The van der Waals surface area contributed by atoms with Gasteiger partial charge in [0.15, 0.2) is 0 Å². The third-order valence-electron chi connectivity index (χ3n) is 3.15. The average molecular weight is 218 g/mol. The van der Waals surface area contributed by atoms with Gasteiger partial charge in [-0.3, -0.25) is 0 Å². The van der Waals surface area contributed by atoms with Gasteiger partial charge in [0.1, 0.15) is 6.61 Å². The molecule has 0 amide bonds. The number of benzene rings is 1. The Bertz CT molecular complexity index is 425. The number of hydrogen-bond donors (Lipinski definition) is 2. The topological polar surface area (TPSA) is 50.4 Å². The molecule has 84 valence electrons. The van der Waals surface area contributed by atoms with Gasteiger partial charge < -0.3 is 15.4 Å². The van der Waals surface area contributed by atoms with Crippen molar-refractivity contribution in [1.82, 2.24) is 10.6 Å². The van der Waals surface area contributed by atoms with E-state index >= 15 is 0 Å². The van der Waals surface area contributed by atoms with Crippen LogP contribution in [0.4, 0.5) is 0 Å². The zero-order chi connectivity index (χ0) is 11.0. The molecule has 2 N–H and O–H groups in total. The quantitative estimate of drug-likeness (QED) is 0.677. The zero-order valence-corrected chi connectivity index (χ0v) is 8.95. The summed E-state index contributed by atoms with van der Waals surface area (Å²) in [7, 11) is 0. The van der Waals surface area contributed by atoms with Gasteiger partial charge in [-0.1, -0.05) is 6.07 Å². The minimum atomic E-state index is -0.198. The Morgan fingerprint density at radius 3 is 3.06 bits per heavy atom. The van der Waals surface area contributed by atoms with E-state index in [-0.39, 0.29) is 5.97 Å². The molecule has 2 aliphatic rings. The Kier molecular flexibility index (Phi) is 2.38. The molecule has 2 aliphatic heterocycles. The number of ether oxygens (including phenoxy) is 1. The lowest BCUT2D eigenvalue weighted by Gasteiger charge is -2.25. The molecule has 4 heteroatoms. The fourth-order valence-corrected chi connectivity index (χ4v) is 2.26. The van der Waals surface area contributed by atoms with E-state index in [0.29, 0.717) is 18.2 Å². The molecule has 16 heavy (non-hydrogen) atoms. The summed E-state index contributed by atoms with van der Waals surface area (Å²) in [6.07, 6.45) is 0. The number of carbonyl (C=O) groups excluding carboxylic acids is 1. The van der Waals surface area contributed by atoms with Crippen LogP contribution in [0.2, 0.25) is 0 Å². The van der Waals surface area contributed by atoms with Gasteiger partial charge in [-0.25, -0.2) is 4.79 Å². The predicted octanol–water partition coefficient (Wildman–Crippen LogP) is 0.591. The van der Waals surface area contributed by atoms with E-state index in [4.69, 9.17) is 4.74 Å². The number of hydrogen-bond acceptors (Lipinski definition) is 4. The van der Waals surface area contributed by atoms with E-state index in [9.17, 15) is 4.79 Å². The van der Waals surface area contributed by atoms with E-state index < -0.39 is 0 Å². The number of carbonyl (C=O) groups is 1. The summed E-state index contributed by atoms with van der Waals surface area (Å²) >= 11 is 0. The third kappa shape index (κ3) is 1.60. The number of piperazine rings is 1. The molecule has 0 spiro atoms. The lowest BCUT2D eigenvalue weighted by atomic mass is 10.00. The minimum Gasteiger partial charge on any atom is -0.457 e. The molecular formula is C12H14N2O2. The number of esters is 1. The maximum absolute atomic E-state index is 11.3. The molecule has 1 atom stereocenters. The number of nitrogens with one attached hydrogen (secondary N) is 2. The van der Waals surface area contributed by atoms with Crippen molar-refractivity contribution < 1.29 is 9.53 Å². The number of cyclic esters (lactones) is 1. The van der Waals surface area contributed by atoms with Gasteiger partial charge in [0.25, 0.3) is 0 Å². The SMILES string of the molecule is O=C1OCc2cc([C@@H]3CNCCN3)ccc21. The van der Waals surface area contributed by atoms with Crippen LogP contribution in [0.3, 0.4) is 0 Å². The van der Waals surface area contributed by atoms with E-state index in [2.05, 4.69) is 16.7 Å². The van der Waals surface area contributed by atoms with Crippen molar-refractivity contribution in [3.8, 4) is 0 Å². The first-order chi connectivity index (χ1) is 7.84. The first kappa shape index (κ1) is 9.81. The third-order valence-corrected chi connectivity index (χ3v) is 3.15. The normalized spacial score (nSPS) is 24.0. The monoisotopic (exact) mass is 218 g/mol. The van der Waals surface area contributed by atoms with Crippen molar-refractivity contribution in [2.75, 3.05) is 19.6 Å². The van der Waals surface area contributed by atoms with Crippen molar-refractivity contribution in [3.63, 3.8) is 0 Å². The van der Waals surface area contributed by atoms with E-state index in [0.717, 1.165) is 25.2 Å². The summed E-state index contributed by atoms with van der Waals surface area (Å²) in [5, 5.41) is 6.80. The van der Waals surface area contributed by atoms with Crippen LogP contribution in [0.5, 0.6) is 0 Å². The molecule has 0 saturated carbocycles. The molecule has 1 saturated heterocycles. The lowest BCUT2D eigenvalue weighted by Crippen LogP contribution is -2.42. The summed E-state index contributed by atoms with van der Waals surface area (Å²) < 4.78 is 4.99. The Hall–Kier alpha value is -1.39. The predicted molar refractivity (Wildman–Crippen MR) is 59.2 cm³/mol. The maximum Gasteiger partial charge on any atom is 0.338 e. The van der Waals surface area contributed by atoms with Crippen LogP contribution >= 0.6 is 0 Å². The van der Waals surface area contributed by atoms with Crippen molar-refractivity contribution >= 4 is 5.97 Å². The molecule has 0 unspecified atom stereocenters. The molecule has 2 heterocycles.